The zero-order valence-corrected chi connectivity index (χ0v) is 6.52. The van der Waals surface area contributed by atoms with Gasteiger partial charge < -0.3 is 0 Å². The third kappa shape index (κ3) is 2.22. The molecule has 0 aromatic rings. The maximum Gasteiger partial charge on any atom is 0.241 e. The Morgan fingerprint density at radius 3 is 2.27 bits per heavy atom. The SMILES string of the molecule is CC(=O)NNC(=O)C1CCC1. The van der Waals surface area contributed by atoms with Crippen LogP contribution < -0.4 is 10.9 Å². The van der Waals surface area contributed by atoms with Crippen molar-refractivity contribution in [2.75, 3.05) is 0 Å². The minimum absolute atomic E-state index is 0.0635. The van der Waals surface area contributed by atoms with E-state index in [0.29, 0.717) is 0 Å². The highest BCUT2D eigenvalue weighted by Gasteiger charge is 2.24. The lowest BCUT2D eigenvalue weighted by Gasteiger charge is -2.23. The van der Waals surface area contributed by atoms with Gasteiger partial charge >= 0.3 is 0 Å². The van der Waals surface area contributed by atoms with Crippen LogP contribution in [0.25, 0.3) is 0 Å². The number of hydrogen-bond donors (Lipinski definition) is 2. The second-order valence-electron chi connectivity index (χ2n) is 2.80. The van der Waals surface area contributed by atoms with E-state index in [2.05, 4.69) is 10.9 Å². The first kappa shape index (κ1) is 8.04. The van der Waals surface area contributed by atoms with Crippen LogP contribution in [0.1, 0.15) is 26.2 Å². The van der Waals surface area contributed by atoms with Crippen LogP contribution >= 0.6 is 0 Å². The summed E-state index contributed by atoms with van der Waals surface area (Å²) in [5, 5.41) is 0. The van der Waals surface area contributed by atoms with E-state index in [-0.39, 0.29) is 17.7 Å². The van der Waals surface area contributed by atoms with Crippen molar-refractivity contribution in [1.82, 2.24) is 10.9 Å². The fourth-order valence-corrected chi connectivity index (χ4v) is 0.922. The third-order valence-corrected chi connectivity index (χ3v) is 1.84. The van der Waals surface area contributed by atoms with Crippen molar-refractivity contribution < 1.29 is 9.59 Å². The standard InChI is InChI=1S/C7H12N2O2/c1-5(10)8-9-7(11)6-3-2-4-6/h6H,2-4H2,1H3,(H,8,10)(H,9,11). The van der Waals surface area contributed by atoms with Crippen LogP contribution in [0.2, 0.25) is 0 Å². The summed E-state index contributed by atoms with van der Waals surface area (Å²) in [6.45, 7) is 1.36. The molecule has 1 rings (SSSR count). The lowest BCUT2D eigenvalue weighted by Crippen LogP contribution is -2.45. The Kier molecular flexibility index (Phi) is 2.46. The van der Waals surface area contributed by atoms with Gasteiger partial charge in [-0.3, -0.25) is 20.4 Å². The van der Waals surface area contributed by atoms with Gasteiger partial charge in [0.2, 0.25) is 11.8 Å². The van der Waals surface area contributed by atoms with E-state index in [1.165, 1.54) is 6.92 Å². The molecule has 1 saturated carbocycles. The van der Waals surface area contributed by atoms with Gasteiger partial charge in [-0.1, -0.05) is 6.42 Å². The predicted octanol–water partition coefficient (Wildman–Crippen LogP) is -0.0462. The lowest BCUT2D eigenvalue weighted by atomic mass is 9.85. The van der Waals surface area contributed by atoms with Crippen LogP contribution in [-0.2, 0) is 9.59 Å². The molecule has 0 aromatic heterocycles. The molecule has 0 radical (unpaired) electrons. The minimum Gasteiger partial charge on any atom is -0.274 e. The molecule has 0 bridgehead atoms. The van der Waals surface area contributed by atoms with Crippen LogP contribution in [0.3, 0.4) is 0 Å². The van der Waals surface area contributed by atoms with Crippen molar-refractivity contribution in [3.8, 4) is 0 Å². The highest BCUT2D eigenvalue weighted by atomic mass is 16.2. The van der Waals surface area contributed by atoms with Crippen molar-refractivity contribution in [1.29, 1.82) is 0 Å². The molecule has 0 spiro atoms. The smallest absolute Gasteiger partial charge is 0.241 e. The van der Waals surface area contributed by atoms with Crippen molar-refractivity contribution in [3.05, 3.63) is 0 Å². The summed E-state index contributed by atoms with van der Waals surface area (Å²) in [4.78, 5) is 21.4. The van der Waals surface area contributed by atoms with Crippen molar-refractivity contribution in [3.63, 3.8) is 0 Å². The molecule has 4 nitrogen and oxygen atoms in total. The largest absolute Gasteiger partial charge is 0.274 e. The van der Waals surface area contributed by atoms with Gasteiger partial charge in [-0.2, -0.15) is 0 Å². The quantitative estimate of drug-likeness (QED) is 0.523. The fraction of sp³-hybridized carbons (Fsp3) is 0.714. The maximum atomic E-state index is 11.0. The minimum atomic E-state index is -0.238. The van der Waals surface area contributed by atoms with Crippen molar-refractivity contribution >= 4 is 11.8 Å². The van der Waals surface area contributed by atoms with E-state index < -0.39 is 0 Å². The summed E-state index contributed by atoms with van der Waals surface area (Å²) in [5.74, 6) is -0.175. The van der Waals surface area contributed by atoms with Gasteiger partial charge in [0.15, 0.2) is 0 Å². The Bertz CT molecular complexity index is 175. The summed E-state index contributed by atoms with van der Waals surface area (Å²) in [6.07, 6.45) is 3.02. The van der Waals surface area contributed by atoms with Gasteiger partial charge in [0, 0.05) is 12.8 Å². The molecule has 4 heteroatoms. The molecule has 0 heterocycles. The summed E-state index contributed by atoms with van der Waals surface area (Å²) in [7, 11) is 0. The van der Waals surface area contributed by atoms with Crippen LogP contribution in [0.5, 0.6) is 0 Å². The van der Waals surface area contributed by atoms with Crippen molar-refractivity contribution in [2.45, 2.75) is 26.2 Å². The van der Waals surface area contributed by atoms with Crippen LogP contribution in [0, 0.1) is 5.92 Å². The summed E-state index contributed by atoms with van der Waals surface area (Å²) >= 11 is 0. The van der Waals surface area contributed by atoms with Crippen molar-refractivity contribution in [2.24, 2.45) is 5.92 Å². The fourth-order valence-electron chi connectivity index (χ4n) is 0.922. The van der Waals surface area contributed by atoms with Crippen LogP contribution in [0.15, 0.2) is 0 Å². The third-order valence-electron chi connectivity index (χ3n) is 1.84. The number of hydrogen-bond acceptors (Lipinski definition) is 2. The molecular weight excluding hydrogens is 144 g/mol. The molecule has 11 heavy (non-hydrogen) atoms. The predicted molar refractivity (Wildman–Crippen MR) is 39.3 cm³/mol. The maximum absolute atomic E-state index is 11.0. The zero-order valence-electron chi connectivity index (χ0n) is 6.52. The Hall–Kier alpha value is -1.06. The number of carbonyl (C=O) groups excluding carboxylic acids is 2. The highest BCUT2D eigenvalue weighted by Crippen LogP contribution is 2.25. The van der Waals surface area contributed by atoms with Crippen LogP contribution in [-0.4, -0.2) is 11.8 Å². The topological polar surface area (TPSA) is 58.2 Å². The first-order valence-corrected chi connectivity index (χ1v) is 3.76. The molecule has 0 aliphatic heterocycles. The van der Waals surface area contributed by atoms with Gasteiger partial charge in [0.05, 0.1) is 0 Å². The molecule has 1 aliphatic rings. The Balaban J connectivity index is 2.15. The van der Waals surface area contributed by atoms with Gasteiger partial charge in [0.1, 0.15) is 0 Å². The monoisotopic (exact) mass is 156 g/mol. The van der Waals surface area contributed by atoms with Gasteiger partial charge in [-0.15, -0.1) is 0 Å². The molecule has 1 fully saturated rings. The number of carbonyl (C=O) groups is 2. The van der Waals surface area contributed by atoms with E-state index in [1.807, 2.05) is 0 Å². The summed E-state index contributed by atoms with van der Waals surface area (Å²) < 4.78 is 0. The van der Waals surface area contributed by atoms with Gasteiger partial charge in [0.25, 0.3) is 0 Å². The molecule has 62 valence electrons. The van der Waals surface area contributed by atoms with E-state index in [1.54, 1.807) is 0 Å². The molecule has 0 aromatic carbocycles. The molecule has 2 N–H and O–H groups in total. The molecule has 0 unspecified atom stereocenters. The van der Waals surface area contributed by atoms with Gasteiger partial charge in [-0.05, 0) is 12.8 Å². The number of amides is 2. The number of rotatable bonds is 1. The van der Waals surface area contributed by atoms with E-state index in [9.17, 15) is 9.59 Å². The first-order valence-electron chi connectivity index (χ1n) is 3.76. The molecule has 1 aliphatic carbocycles. The summed E-state index contributed by atoms with van der Waals surface area (Å²) in [6, 6.07) is 0. The second kappa shape index (κ2) is 3.37. The Morgan fingerprint density at radius 1 is 1.27 bits per heavy atom. The normalized spacial score (nSPS) is 16.8. The molecule has 0 saturated heterocycles. The number of hydrazine groups is 1. The van der Waals surface area contributed by atoms with E-state index in [0.717, 1.165) is 19.3 Å². The average molecular weight is 156 g/mol. The zero-order chi connectivity index (χ0) is 8.27. The Morgan fingerprint density at radius 2 is 1.91 bits per heavy atom. The average Bonchev–Trinajstić information content (AvgIpc) is 1.79. The Labute approximate surface area is 65.3 Å². The van der Waals surface area contributed by atoms with Crippen LogP contribution in [0.4, 0.5) is 0 Å². The number of nitrogens with one attached hydrogen (secondary N) is 2. The highest BCUT2D eigenvalue weighted by molar-refractivity contribution is 5.82. The molecular formula is C7H12N2O2. The molecule has 0 atom stereocenters. The molecule has 2 amide bonds. The van der Waals surface area contributed by atoms with Gasteiger partial charge in [-0.25, -0.2) is 0 Å². The van der Waals surface area contributed by atoms with E-state index >= 15 is 0 Å². The second-order valence-corrected chi connectivity index (χ2v) is 2.80. The summed E-state index contributed by atoms with van der Waals surface area (Å²) in [5.41, 5.74) is 4.60. The van der Waals surface area contributed by atoms with E-state index in [4.69, 9.17) is 0 Å². The first-order chi connectivity index (χ1) is 5.20. The lowest BCUT2D eigenvalue weighted by molar-refractivity contribution is -0.132.